The van der Waals surface area contributed by atoms with Gasteiger partial charge in [-0.05, 0) is 104 Å². The van der Waals surface area contributed by atoms with Crippen molar-refractivity contribution in [2.45, 2.75) is 97.4 Å². The molecule has 4 nitrogen and oxygen atoms in total. The van der Waals surface area contributed by atoms with E-state index in [-0.39, 0.29) is 11.8 Å². The van der Waals surface area contributed by atoms with Gasteiger partial charge in [0.25, 0.3) is 0 Å². The van der Waals surface area contributed by atoms with E-state index in [0.717, 1.165) is 25.2 Å². The van der Waals surface area contributed by atoms with Gasteiger partial charge >= 0.3 is 0 Å². The fourth-order valence-corrected chi connectivity index (χ4v) is 9.68. The number of allylic oxidation sites excluding steroid dienone is 2. The van der Waals surface area contributed by atoms with Crippen LogP contribution in [0.5, 0.6) is 0 Å². The molecule has 1 amide bonds. The lowest BCUT2D eigenvalue weighted by atomic mass is 9.39. The Balaban J connectivity index is 1.46. The molecule has 4 fully saturated rings. The highest BCUT2D eigenvalue weighted by Gasteiger charge is 2.61. The van der Waals surface area contributed by atoms with Crippen molar-refractivity contribution < 1.29 is 9.63 Å². The van der Waals surface area contributed by atoms with Crippen molar-refractivity contribution in [2.24, 2.45) is 51.6 Å². The Labute approximate surface area is 189 Å². The molecule has 0 saturated heterocycles. The van der Waals surface area contributed by atoms with Gasteiger partial charge in [-0.15, -0.1) is 0 Å². The second-order valence-electron chi connectivity index (χ2n) is 12.6. The van der Waals surface area contributed by atoms with E-state index in [0.29, 0.717) is 40.0 Å². The molecule has 4 heteroatoms. The van der Waals surface area contributed by atoms with Crippen LogP contribution in [0.25, 0.3) is 0 Å². The highest BCUT2D eigenvalue weighted by Crippen LogP contribution is 2.69. The second-order valence-corrected chi connectivity index (χ2v) is 12.6. The molecule has 0 bridgehead atoms. The Bertz CT molecular complexity index is 764. The number of carbonyl (C=O) groups excluding carboxylic acids is 1. The topological polar surface area (TPSA) is 64.3 Å². The number of nitrogens with two attached hydrogens (primary N) is 1. The van der Waals surface area contributed by atoms with Gasteiger partial charge in [-0.2, -0.15) is 0 Å². The van der Waals surface area contributed by atoms with Crippen LogP contribution >= 0.6 is 0 Å². The van der Waals surface area contributed by atoms with Crippen LogP contribution in [-0.2, 0) is 9.63 Å². The minimum Gasteiger partial charge on any atom is -0.327 e. The van der Waals surface area contributed by atoms with Crippen molar-refractivity contribution in [1.29, 1.82) is 0 Å². The van der Waals surface area contributed by atoms with Gasteiger partial charge in [0, 0.05) is 12.0 Å². The number of hydrogen-bond donors (Lipinski definition) is 2. The number of carbonyl (C=O) groups is 1. The van der Waals surface area contributed by atoms with Crippen molar-refractivity contribution in [1.82, 2.24) is 5.48 Å². The van der Waals surface area contributed by atoms with Crippen molar-refractivity contribution >= 4 is 5.91 Å². The number of nitrogens with one attached hydrogen (secondary N) is 1. The summed E-state index contributed by atoms with van der Waals surface area (Å²) in [6, 6.07) is 0.404. The molecule has 4 saturated carbocycles. The summed E-state index contributed by atoms with van der Waals surface area (Å²) in [5.41, 5.74) is 12.2. The lowest BCUT2D eigenvalue weighted by Crippen LogP contribution is -2.60. The molecule has 0 aromatic rings. The summed E-state index contributed by atoms with van der Waals surface area (Å²) in [4.78, 5) is 17.5. The van der Waals surface area contributed by atoms with Crippen molar-refractivity contribution in [3.63, 3.8) is 0 Å². The molecular formula is C27H44N2O2. The number of rotatable bonds is 2. The van der Waals surface area contributed by atoms with Crippen LogP contribution in [0.2, 0.25) is 0 Å². The number of hydroxylamine groups is 1. The van der Waals surface area contributed by atoms with E-state index in [1.165, 1.54) is 51.4 Å². The third-order valence-corrected chi connectivity index (χ3v) is 11.4. The molecule has 0 radical (unpaired) electrons. The Morgan fingerprint density at radius 1 is 1.03 bits per heavy atom. The van der Waals surface area contributed by atoms with Gasteiger partial charge in [0.1, 0.15) is 0 Å². The van der Waals surface area contributed by atoms with Gasteiger partial charge < -0.3 is 5.73 Å². The van der Waals surface area contributed by atoms with Crippen LogP contribution in [-0.4, -0.2) is 19.1 Å². The Hall–Kier alpha value is -0.870. The molecule has 9 unspecified atom stereocenters. The van der Waals surface area contributed by atoms with E-state index in [4.69, 9.17) is 10.6 Å². The van der Waals surface area contributed by atoms with Gasteiger partial charge in [0.15, 0.2) is 0 Å². The molecule has 174 valence electrons. The largest absolute Gasteiger partial charge is 0.327 e. The van der Waals surface area contributed by atoms with Gasteiger partial charge in [-0.3, -0.25) is 9.63 Å². The first-order chi connectivity index (χ1) is 14.7. The van der Waals surface area contributed by atoms with Crippen molar-refractivity contribution in [3.05, 3.63) is 11.6 Å². The third-order valence-electron chi connectivity index (χ3n) is 11.4. The predicted molar refractivity (Wildman–Crippen MR) is 124 cm³/mol. The lowest BCUT2D eigenvalue weighted by Gasteiger charge is -2.66. The van der Waals surface area contributed by atoms with E-state index in [9.17, 15) is 4.79 Å². The normalized spacial score (nSPS) is 51.5. The summed E-state index contributed by atoms with van der Waals surface area (Å²) >= 11 is 0. The Morgan fingerprint density at radius 2 is 1.81 bits per heavy atom. The van der Waals surface area contributed by atoms with Crippen LogP contribution in [0.3, 0.4) is 0 Å². The number of amides is 1. The van der Waals surface area contributed by atoms with Crippen LogP contribution in [0, 0.1) is 45.8 Å². The van der Waals surface area contributed by atoms with Crippen molar-refractivity contribution in [3.8, 4) is 0 Å². The quantitative estimate of drug-likeness (QED) is 0.459. The number of hydrogen-bond acceptors (Lipinski definition) is 3. The first-order valence-corrected chi connectivity index (χ1v) is 13.0. The molecule has 0 heterocycles. The fourth-order valence-electron chi connectivity index (χ4n) is 9.68. The van der Waals surface area contributed by atoms with Gasteiger partial charge in [0.05, 0.1) is 7.11 Å². The third kappa shape index (κ3) is 3.18. The molecule has 0 aliphatic heterocycles. The average molecular weight is 429 g/mol. The summed E-state index contributed by atoms with van der Waals surface area (Å²) < 4.78 is 0. The Morgan fingerprint density at radius 3 is 2.58 bits per heavy atom. The SMILES string of the molecule is CONC(=O)C1CCC2(C)CCC3C(=CCC4C3(C)CCC3C(N)CCCC34C)C2C1. The minimum atomic E-state index is 0.0800. The van der Waals surface area contributed by atoms with E-state index in [1.807, 2.05) is 0 Å². The first-order valence-electron chi connectivity index (χ1n) is 13.0. The standard InChI is InChI=1S/C27H44N2O2/c1-25-13-9-17(24(30)29-31-4)16-21(25)18-7-8-23-26(2)12-5-6-22(28)20(26)11-15-27(23,3)19(18)10-14-25/h7,17,19-23H,5-6,8-16,28H2,1-4H3,(H,29,30). The lowest BCUT2D eigenvalue weighted by molar-refractivity contribution is -0.140. The molecule has 5 aliphatic carbocycles. The summed E-state index contributed by atoms with van der Waals surface area (Å²) in [6.07, 6.45) is 16.3. The highest BCUT2D eigenvalue weighted by molar-refractivity contribution is 5.77. The first kappa shape index (κ1) is 21.9. The fraction of sp³-hybridized carbons (Fsp3) is 0.889. The zero-order chi connectivity index (χ0) is 22.0. The Kier molecular flexibility index (Phi) is 5.37. The van der Waals surface area contributed by atoms with E-state index >= 15 is 0 Å². The smallest absolute Gasteiger partial charge is 0.246 e. The summed E-state index contributed by atoms with van der Waals surface area (Å²) in [5, 5.41) is 0. The van der Waals surface area contributed by atoms with Gasteiger partial charge in [0.2, 0.25) is 5.91 Å². The van der Waals surface area contributed by atoms with Gasteiger partial charge in [-0.1, -0.05) is 38.8 Å². The molecule has 0 aromatic heterocycles. The maximum absolute atomic E-state index is 12.6. The van der Waals surface area contributed by atoms with Crippen LogP contribution in [0.15, 0.2) is 11.6 Å². The molecular weight excluding hydrogens is 384 g/mol. The molecule has 3 N–H and O–H groups in total. The summed E-state index contributed by atoms with van der Waals surface area (Å²) in [7, 11) is 1.54. The molecule has 5 aliphatic rings. The second kappa shape index (κ2) is 7.58. The molecule has 9 atom stereocenters. The maximum Gasteiger partial charge on any atom is 0.246 e. The molecule has 0 spiro atoms. The van der Waals surface area contributed by atoms with E-state index in [1.54, 1.807) is 12.7 Å². The van der Waals surface area contributed by atoms with Crippen molar-refractivity contribution in [2.75, 3.05) is 7.11 Å². The van der Waals surface area contributed by atoms with E-state index < -0.39 is 0 Å². The van der Waals surface area contributed by atoms with Crippen LogP contribution < -0.4 is 11.2 Å². The van der Waals surface area contributed by atoms with Crippen LogP contribution in [0.1, 0.15) is 91.4 Å². The predicted octanol–water partition coefficient (Wildman–Crippen LogP) is 5.38. The monoisotopic (exact) mass is 428 g/mol. The molecule has 31 heavy (non-hydrogen) atoms. The maximum atomic E-state index is 12.6. The van der Waals surface area contributed by atoms with Gasteiger partial charge in [-0.25, -0.2) is 5.48 Å². The zero-order valence-electron chi connectivity index (χ0n) is 20.2. The highest BCUT2D eigenvalue weighted by atomic mass is 16.6. The zero-order valence-corrected chi connectivity index (χ0v) is 20.2. The molecule has 5 rings (SSSR count). The average Bonchev–Trinajstić information content (AvgIpc) is 2.72. The van der Waals surface area contributed by atoms with E-state index in [2.05, 4.69) is 32.3 Å². The summed E-state index contributed by atoms with van der Waals surface area (Å²) in [6.45, 7) is 7.74. The molecule has 0 aromatic carbocycles. The summed E-state index contributed by atoms with van der Waals surface area (Å²) in [5.74, 6) is 2.90. The number of fused-ring (bicyclic) bond motifs is 7. The van der Waals surface area contributed by atoms with Crippen LogP contribution in [0.4, 0.5) is 0 Å². The minimum absolute atomic E-state index is 0.0800.